The van der Waals surface area contributed by atoms with Crippen LogP contribution in [0.25, 0.3) is 0 Å². The largest absolute Gasteiger partial charge is 0.394 e. The van der Waals surface area contributed by atoms with Crippen molar-refractivity contribution >= 4 is 5.91 Å². The van der Waals surface area contributed by atoms with Gasteiger partial charge in [-0.1, -0.05) is 0 Å². The number of likely N-dealkylation sites (tertiary alicyclic amines) is 1. The minimum absolute atomic E-state index is 0.0189. The van der Waals surface area contributed by atoms with E-state index in [-0.39, 0.29) is 18.6 Å². The maximum absolute atomic E-state index is 12.0. The van der Waals surface area contributed by atoms with Crippen molar-refractivity contribution in [2.24, 2.45) is 0 Å². The maximum Gasteiger partial charge on any atom is 0.274 e. The highest BCUT2D eigenvalue weighted by molar-refractivity contribution is 5.92. The average molecular weight is 221 g/mol. The molecule has 16 heavy (non-hydrogen) atoms. The Balaban J connectivity index is 2.15. The average Bonchev–Trinajstić information content (AvgIpc) is 2.77. The first-order valence-corrected chi connectivity index (χ1v) is 5.43. The van der Waals surface area contributed by atoms with Crippen molar-refractivity contribution < 1.29 is 9.90 Å². The summed E-state index contributed by atoms with van der Waals surface area (Å²) in [6.45, 7) is 2.54. The summed E-state index contributed by atoms with van der Waals surface area (Å²) in [5.41, 5.74) is 1.14. The number of rotatable bonds is 2. The molecular formula is C11H15N3O2. The Bertz CT molecular complexity index is 377. The Morgan fingerprint density at radius 2 is 2.38 bits per heavy atom. The minimum atomic E-state index is -0.135. The highest BCUT2D eigenvalue weighted by atomic mass is 16.3. The van der Waals surface area contributed by atoms with Crippen LogP contribution in [-0.4, -0.2) is 45.1 Å². The number of aliphatic hydroxyl groups excluding tert-OH is 1. The molecule has 0 bridgehead atoms. The zero-order valence-electron chi connectivity index (χ0n) is 9.26. The molecule has 2 rings (SSSR count). The highest BCUT2D eigenvalue weighted by Gasteiger charge is 2.29. The van der Waals surface area contributed by atoms with E-state index in [1.807, 2.05) is 6.92 Å². The van der Waals surface area contributed by atoms with Gasteiger partial charge in [0.05, 0.1) is 24.5 Å². The molecule has 1 aromatic rings. The molecule has 0 aliphatic carbocycles. The topological polar surface area (TPSA) is 66.3 Å². The standard InChI is InChI=1S/C11H15N3O2/c1-8-5-13-10(6-12-8)11(16)14-4-2-3-9(14)7-15/h5-6,9,15H,2-4,7H2,1H3. The molecule has 1 aromatic heterocycles. The van der Waals surface area contributed by atoms with E-state index in [1.54, 1.807) is 11.1 Å². The van der Waals surface area contributed by atoms with Crippen LogP contribution in [0.15, 0.2) is 12.4 Å². The van der Waals surface area contributed by atoms with Gasteiger partial charge in [-0.25, -0.2) is 4.98 Å². The normalized spacial score (nSPS) is 20.1. The van der Waals surface area contributed by atoms with Gasteiger partial charge in [0.25, 0.3) is 5.91 Å². The van der Waals surface area contributed by atoms with Crippen LogP contribution in [0.5, 0.6) is 0 Å². The molecule has 1 atom stereocenters. The van der Waals surface area contributed by atoms with Crippen LogP contribution in [0, 0.1) is 6.92 Å². The Morgan fingerprint density at radius 3 is 3.00 bits per heavy atom. The van der Waals surface area contributed by atoms with Crippen LogP contribution in [0.1, 0.15) is 29.0 Å². The molecule has 2 heterocycles. The molecule has 0 spiro atoms. The van der Waals surface area contributed by atoms with Crippen molar-refractivity contribution in [2.75, 3.05) is 13.2 Å². The lowest BCUT2D eigenvalue weighted by Gasteiger charge is -2.22. The summed E-state index contributed by atoms with van der Waals surface area (Å²) in [7, 11) is 0. The van der Waals surface area contributed by atoms with Crippen molar-refractivity contribution in [3.05, 3.63) is 23.8 Å². The monoisotopic (exact) mass is 221 g/mol. The van der Waals surface area contributed by atoms with E-state index in [4.69, 9.17) is 5.11 Å². The van der Waals surface area contributed by atoms with Crippen molar-refractivity contribution in [3.8, 4) is 0 Å². The maximum atomic E-state index is 12.0. The number of carbonyl (C=O) groups excluding carboxylic acids is 1. The fourth-order valence-electron chi connectivity index (χ4n) is 1.94. The van der Waals surface area contributed by atoms with Crippen LogP contribution < -0.4 is 0 Å². The second-order valence-corrected chi connectivity index (χ2v) is 4.02. The summed E-state index contributed by atoms with van der Waals surface area (Å²) >= 11 is 0. The van der Waals surface area contributed by atoms with E-state index >= 15 is 0 Å². The van der Waals surface area contributed by atoms with E-state index < -0.39 is 0 Å². The summed E-state index contributed by atoms with van der Waals surface area (Å²) < 4.78 is 0. The van der Waals surface area contributed by atoms with E-state index in [1.165, 1.54) is 6.20 Å². The van der Waals surface area contributed by atoms with E-state index in [0.717, 1.165) is 18.5 Å². The van der Waals surface area contributed by atoms with E-state index in [0.29, 0.717) is 12.2 Å². The first-order valence-electron chi connectivity index (χ1n) is 5.43. The number of amides is 1. The fraction of sp³-hybridized carbons (Fsp3) is 0.545. The lowest BCUT2D eigenvalue weighted by Crippen LogP contribution is -2.38. The van der Waals surface area contributed by atoms with Crippen LogP contribution >= 0.6 is 0 Å². The molecule has 1 fully saturated rings. The van der Waals surface area contributed by atoms with Gasteiger partial charge >= 0.3 is 0 Å². The van der Waals surface area contributed by atoms with Gasteiger partial charge in [0.15, 0.2) is 0 Å². The lowest BCUT2D eigenvalue weighted by molar-refractivity contribution is 0.0671. The molecule has 5 heteroatoms. The molecule has 1 saturated heterocycles. The van der Waals surface area contributed by atoms with Crippen LogP contribution in [0.3, 0.4) is 0 Å². The Kier molecular flexibility index (Phi) is 3.14. The summed E-state index contributed by atoms with van der Waals surface area (Å²) in [5, 5.41) is 9.15. The van der Waals surface area contributed by atoms with E-state index in [2.05, 4.69) is 9.97 Å². The van der Waals surface area contributed by atoms with Gasteiger partial charge in [0.1, 0.15) is 5.69 Å². The Morgan fingerprint density at radius 1 is 1.56 bits per heavy atom. The predicted molar refractivity (Wildman–Crippen MR) is 57.9 cm³/mol. The molecule has 1 amide bonds. The number of hydrogen-bond acceptors (Lipinski definition) is 4. The predicted octanol–water partition coefficient (Wildman–Crippen LogP) is 0.382. The van der Waals surface area contributed by atoms with Gasteiger partial charge in [-0.3, -0.25) is 9.78 Å². The van der Waals surface area contributed by atoms with Gasteiger partial charge in [-0.05, 0) is 19.8 Å². The number of aromatic nitrogens is 2. The third-order valence-corrected chi connectivity index (χ3v) is 2.85. The molecule has 0 saturated carbocycles. The Hall–Kier alpha value is -1.49. The third-order valence-electron chi connectivity index (χ3n) is 2.85. The quantitative estimate of drug-likeness (QED) is 0.784. The van der Waals surface area contributed by atoms with Gasteiger partial charge in [0, 0.05) is 12.7 Å². The van der Waals surface area contributed by atoms with Crippen LogP contribution in [0.2, 0.25) is 0 Å². The van der Waals surface area contributed by atoms with Gasteiger partial charge in [-0.15, -0.1) is 0 Å². The molecule has 0 radical (unpaired) electrons. The van der Waals surface area contributed by atoms with Crippen molar-refractivity contribution in [1.82, 2.24) is 14.9 Å². The van der Waals surface area contributed by atoms with E-state index in [9.17, 15) is 4.79 Å². The molecule has 0 aromatic carbocycles. The van der Waals surface area contributed by atoms with Gasteiger partial charge in [-0.2, -0.15) is 0 Å². The minimum Gasteiger partial charge on any atom is -0.394 e. The third kappa shape index (κ3) is 2.04. The number of carbonyl (C=O) groups is 1. The fourth-order valence-corrected chi connectivity index (χ4v) is 1.94. The number of aryl methyl sites for hydroxylation is 1. The molecule has 5 nitrogen and oxygen atoms in total. The zero-order chi connectivity index (χ0) is 11.5. The smallest absolute Gasteiger partial charge is 0.274 e. The van der Waals surface area contributed by atoms with Crippen molar-refractivity contribution in [3.63, 3.8) is 0 Å². The highest BCUT2D eigenvalue weighted by Crippen LogP contribution is 2.18. The van der Waals surface area contributed by atoms with Gasteiger partial charge < -0.3 is 10.0 Å². The van der Waals surface area contributed by atoms with Crippen LogP contribution in [0.4, 0.5) is 0 Å². The summed E-state index contributed by atoms with van der Waals surface area (Å²) in [6, 6.07) is -0.0596. The molecular weight excluding hydrogens is 206 g/mol. The molecule has 1 aliphatic rings. The number of nitrogens with zero attached hydrogens (tertiary/aromatic N) is 3. The van der Waals surface area contributed by atoms with Crippen molar-refractivity contribution in [1.29, 1.82) is 0 Å². The first-order chi connectivity index (χ1) is 7.72. The molecule has 86 valence electrons. The lowest BCUT2D eigenvalue weighted by atomic mass is 10.2. The SMILES string of the molecule is Cc1cnc(C(=O)N2CCCC2CO)cn1. The number of hydrogen-bond donors (Lipinski definition) is 1. The van der Waals surface area contributed by atoms with Gasteiger partial charge in [0.2, 0.25) is 0 Å². The summed E-state index contributed by atoms with van der Waals surface area (Å²) in [4.78, 5) is 21.8. The van der Waals surface area contributed by atoms with Crippen LogP contribution in [-0.2, 0) is 0 Å². The second-order valence-electron chi connectivity index (χ2n) is 4.02. The molecule has 1 N–H and O–H groups in total. The zero-order valence-corrected chi connectivity index (χ0v) is 9.26. The second kappa shape index (κ2) is 4.57. The Labute approximate surface area is 94.1 Å². The summed E-state index contributed by atoms with van der Waals surface area (Å²) in [5.74, 6) is -0.135. The van der Waals surface area contributed by atoms with Crippen molar-refractivity contribution in [2.45, 2.75) is 25.8 Å². The molecule has 1 aliphatic heterocycles. The summed E-state index contributed by atoms with van der Waals surface area (Å²) in [6.07, 6.45) is 4.87. The number of aliphatic hydroxyl groups is 1. The first kappa shape index (κ1) is 11.0. The molecule has 1 unspecified atom stereocenters.